The number of piperazine rings is 1. The molecule has 0 bridgehead atoms. The molecule has 1 aliphatic rings. The van der Waals surface area contributed by atoms with E-state index in [1.165, 1.54) is 0 Å². The Morgan fingerprint density at radius 2 is 2.00 bits per heavy atom. The predicted octanol–water partition coefficient (Wildman–Crippen LogP) is 2.55. The van der Waals surface area contributed by atoms with Gasteiger partial charge in [-0.3, -0.25) is 4.79 Å². The first-order chi connectivity index (χ1) is 8.39. The number of hydrogen-bond donors (Lipinski definition) is 1. The van der Waals surface area contributed by atoms with E-state index >= 15 is 0 Å². The predicted molar refractivity (Wildman–Crippen MR) is 74.0 cm³/mol. The third-order valence-corrected chi connectivity index (χ3v) is 3.58. The molecule has 0 aromatic heterocycles. The van der Waals surface area contributed by atoms with Crippen molar-refractivity contribution in [1.82, 2.24) is 10.2 Å². The Bertz CT molecular complexity index is 442. The van der Waals surface area contributed by atoms with Gasteiger partial charge in [0.15, 0.2) is 0 Å². The van der Waals surface area contributed by atoms with Crippen molar-refractivity contribution < 1.29 is 4.79 Å². The zero-order valence-electron chi connectivity index (χ0n) is 11.0. The minimum absolute atomic E-state index is 0.0331. The molecule has 1 aliphatic heterocycles. The highest BCUT2D eigenvalue weighted by atomic mass is 35.5. The molecule has 1 N–H and O–H groups in total. The topological polar surface area (TPSA) is 32.3 Å². The number of amides is 1. The summed E-state index contributed by atoms with van der Waals surface area (Å²) >= 11 is 5.84. The maximum Gasteiger partial charge on any atom is 0.254 e. The molecule has 0 saturated carbocycles. The molecule has 1 fully saturated rings. The fourth-order valence-electron chi connectivity index (χ4n) is 2.20. The van der Waals surface area contributed by atoms with E-state index in [9.17, 15) is 4.79 Å². The van der Waals surface area contributed by atoms with Crippen molar-refractivity contribution in [3.8, 4) is 0 Å². The molecule has 1 unspecified atom stereocenters. The van der Waals surface area contributed by atoms with Crippen LogP contribution in [0.5, 0.6) is 0 Å². The number of benzene rings is 1. The summed E-state index contributed by atoms with van der Waals surface area (Å²) in [6.45, 7) is 7.83. The van der Waals surface area contributed by atoms with Gasteiger partial charge in [-0.2, -0.15) is 0 Å². The number of halogens is 1. The highest BCUT2D eigenvalue weighted by Crippen LogP contribution is 2.19. The lowest BCUT2D eigenvalue weighted by Gasteiger charge is -2.43. The molecule has 1 atom stereocenters. The quantitative estimate of drug-likeness (QED) is 0.847. The first kappa shape index (κ1) is 13.4. The molecule has 3 nitrogen and oxygen atoms in total. The lowest BCUT2D eigenvalue weighted by atomic mass is 9.98. The maximum atomic E-state index is 12.5. The molecule has 4 heteroatoms. The van der Waals surface area contributed by atoms with E-state index in [2.05, 4.69) is 26.1 Å². The Kier molecular flexibility index (Phi) is 3.64. The zero-order valence-corrected chi connectivity index (χ0v) is 11.8. The summed E-state index contributed by atoms with van der Waals surface area (Å²) < 4.78 is 0. The van der Waals surface area contributed by atoms with E-state index in [0.717, 1.165) is 13.1 Å². The van der Waals surface area contributed by atoms with E-state index in [1.54, 1.807) is 24.3 Å². The number of carbonyl (C=O) groups is 1. The average molecular weight is 267 g/mol. The van der Waals surface area contributed by atoms with Gasteiger partial charge in [-0.1, -0.05) is 11.6 Å². The highest BCUT2D eigenvalue weighted by molar-refractivity contribution is 6.30. The Hall–Kier alpha value is -1.06. The summed E-state index contributed by atoms with van der Waals surface area (Å²) in [5, 5.41) is 4.09. The largest absolute Gasteiger partial charge is 0.333 e. The van der Waals surface area contributed by atoms with Gasteiger partial charge < -0.3 is 10.2 Å². The molecule has 18 heavy (non-hydrogen) atoms. The molecule has 98 valence electrons. The van der Waals surface area contributed by atoms with E-state index < -0.39 is 0 Å². The molecule has 1 heterocycles. The Morgan fingerprint density at radius 1 is 1.39 bits per heavy atom. The second kappa shape index (κ2) is 4.90. The first-order valence-electron chi connectivity index (χ1n) is 6.21. The smallest absolute Gasteiger partial charge is 0.254 e. The summed E-state index contributed by atoms with van der Waals surface area (Å²) in [6, 6.07) is 7.29. The van der Waals surface area contributed by atoms with E-state index in [1.807, 2.05) is 4.90 Å². The highest BCUT2D eigenvalue weighted by Gasteiger charge is 2.33. The molecule has 1 amide bonds. The maximum absolute atomic E-state index is 12.5. The second-order valence-electron chi connectivity index (χ2n) is 5.55. The number of nitrogens with one attached hydrogen (secondary N) is 1. The van der Waals surface area contributed by atoms with Crippen LogP contribution in [0.25, 0.3) is 0 Å². The SMILES string of the molecule is CC1CNC(C)(C)CN1C(=O)c1ccc(Cl)cc1. The first-order valence-corrected chi connectivity index (χ1v) is 6.58. The van der Waals surface area contributed by atoms with Gasteiger partial charge in [-0.25, -0.2) is 0 Å². The van der Waals surface area contributed by atoms with Crippen LogP contribution in [0.4, 0.5) is 0 Å². The van der Waals surface area contributed by atoms with Crippen LogP contribution < -0.4 is 5.32 Å². The van der Waals surface area contributed by atoms with Gasteiger partial charge in [-0.05, 0) is 45.0 Å². The Labute approximate surface area is 113 Å². The molecular formula is C14H19ClN2O. The molecule has 1 saturated heterocycles. The van der Waals surface area contributed by atoms with Crippen molar-refractivity contribution in [3.63, 3.8) is 0 Å². The number of hydrogen-bond acceptors (Lipinski definition) is 2. The zero-order chi connectivity index (χ0) is 13.3. The summed E-state index contributed by atoms with van der Waals surface area (Å²) in [5.74, 6) is 0.0775. The second-order valence-corrected chi connectivity index (χ2v) is 5.99. The van der Waals surface area contributed by atoms with Crippen LogP contribution in [0.2, 0.25) is 5.02 Å². The average Bonchev–Trinajstić information content (AvgIpc) is 2.32. The van der Waals surface area contributed by atoms with Gasteiger partial charge in [0.05, 0.1) is 0 Å². The van der Waals surface area contributed by atoms with Gasteiger partial charge >= 0.3 is 0 Å². The summed E-state index contributed by atoms with van der Waals surface area (Å²) in [5.41, 5.74) is 0.665. The molecule has 0 spiro atoms. The normalized spacial score (nSPS) is 22.9. The van der Waals surface area contributed by atoms with Crippen LogP contribution in [-0.4, -0.2) is 35.5 Å². The molecule has 2 rings (SSSR count). The minimum atomic E-state index is -0.0331. The molecule has 0 aliphatic carbocycles. The van der Waals surface area contributed by atoms with Crippen LogP contribution in [0.1, 0.15) is 31.1 Å². The Morgan fingerprint density at radius 3 is 2.61 bits per heavy atom. The number of carbonyl (C=O) groups excluding carboxylic acids is 1. The third-order valence-electron chi connectivity index (χ3n) is 3.33. The third kappa shape index (κ3) is 2.85. The fraction of sp³-hybridized carbons (Fsp3) is 0.500. The Balaban J connectivity index is 2.19. The fourth-order valence-corrected chi connectivity index (χ4v) is 2.33. The minimum Gasteiger partial charge on any atom is -0.333 e. The van der Waals surface area contributed by atoms with Crippen molar-refractivity contribution >= 4 is 17.5 Å². The van der Waals surface area contributed by atoms with Crippen molar-refractivity contribution in [2.45, 2.75) is 32.4 Å². The summed E-state index contributed by atoms with van der Waals surface area (Å²) in [7, 11) is 0. The summed E-state index contributed by atoms with van der Waals surface area (Å²) in [4.78, 5) is 14.4. The lowest BCUT2D eigenvalue weighted by Crippen LogP contribution is -2.62. The van der Waals surface area contributed by atoms with Crippen LogP contribution in [0.3, 0.4) is 0 Å². The van der Waals surface area contributed by atoms with E-state index in [-0.39, 0.29) is 17.5 Å². The number of nitrogens with zero attached hydrogens (tertiary/aromatic N) is 1. The molecular weight excluding hydrogens is 248 g/mol. The van der Waals surface area contributed by atoms with E-state index in [0.29, 0.717) is 10.6 Å². The van der Waals surface area contributed by atoms with Gasteiger partial charge in [0.25, 0.3) is 5.91 Å². The number of rotatable bonds is 1. The molecule has 0 radical (unpaired) electrons. The van der Waals surface area contributed by atoms with Crippen LogP contribution in [0.15, 0.2) is 24.3 Å². The van der Waals surface area contributed by atoms with Gasteiger partial charge in [0.2, 0.25) is 0 Å². The van der Waals surface area contributed by atoms with Crippen molar-refractivity contribution in [3.05, 3.63) is 34.9 Å². The molecule has 1 aromatic carbocycles. The van der Waals surface area contributed by atoms with E-state index in [4.69, 9.17) is 11.6 Å². The standard InChI is InChI=1S/C14H19ClN2O/c1-10-8-16-14(2,3)9-17(10)13(18)11-4-6-12(15)7-5-11/h4-7,10,16H,8-9H2,1-3H3. The van der Waals surface area contributed by atoms with Crippen LogP contribution in [0, 0.1) is 0 Å². The van der Waals surface area contributed by atoms with Crippen LogP contribution >= 0.6 is 11.6 Å². The van der Waals surface area contributed by atoms with Crippen molar-refractivity contribution in [2.75, 3.05) is 13.1 Å². The lowest BCUT2D eigenvalue weighted by molar-refractivity contribution is 0.0533. The van der Waals surface area contributed by atoms with Gasteiger partial charge in [0, 0.05) is 35.3 Å². The monoisotopic (exact) mass is 266 g/mol. The van der Waals surface area contributed by atoms with Crippen molar-refractivity contribution in [2.24, 2.45) is 0 Å². The van der Waals surface area contributed by atoms with Gasteiger partial charge in [0.1, 0.15) is 0 Å². The molecule has 1 aromatic rings. The summed E-state index contributed by atoms with van der Waals surface area (Å²) in [6.07, 6.45) is 0. The van der Waals surface area contributed by atoms with Gasteiger partial charge in [-0.15, -0.1) is 0 Å². The van der Waals surface area contributed by atoms with Crippen molar-refractivity contribution in [1.29, 1.82) is 0 Å². The van der Waals surface area contributed by atoms with Crippen LogP contribution in [-0.2, 0) is 0 Å².